The molecule has 1 aromatic rings. The second-order valence-corrected chi connectivity index (χ2v) is 4.17. The van der Waals surface area contributed by atoms with Crippen molar-refractivity contribution in [1.82, 2.24) is 0 Å². The molecule has 0 fully saturated rings. The molecule has 0 saturated heterocycles. The van der Waals surface area contributed by atoms with E-state index in [1.165, 1.54) is 12.1 Å². The van der Waals surface area contributed by atoms with Crippen LogP contribution in [0.1, 0.15) is 32.3 Å². The molecule has 84 valence electrons. The van der Waals surface area contributed by atoms with Gasteiger partial charge in [-0.2, -0.15) is 0 Å². The van der Waals surface area contributed by atoms with Crippen molar-refractivity contribution in [2.24, 2.45) is 5.41 Å². The van der Waals surface area contributed by atoms with Gasteiger partial charge in [0.2, 0.25) is 0 Å². The van der Waals surface area contributed by atoms with E-state index in [0.717, 1.165) is 24.8 Å². The van der Waals surface area contributed by atoms with E-state index in [-0.39, 0.29) is 17.8 Å². The number of halogens is 1. The minimum atomic E-state index is -0.207. The fourth-order valence-corrected chi connectivity index (χ4v) is 1.81. The van der Waals surface area contributed by atoms with Crippen LogP contribution in [0.25, 0.3) is 0 Å². The molecule has 0 atom stereocenters. The topological polar surface area (TPSA) is 20.2 Å². The zero-order valence-corrected chi connectivity index (χ0v) is 9.46. The van der Waals surface area contributed by atoms with Crippen LogP contribution in [-0.2, 0) is 6.42 Å². The Morgan fingerprint density at radius 2 is 1.67 bits per heavy atom. The summed E-state index contributed by atoms with van der Waals surface area (Å²) in [6.07, 6.45) is 2.70. The van der Waals surface area contributed by atoms with Gasteiger partial charge in [0.25, 0.3) is 0 Å². The molecule has 0 heterocycles. The molecule has 1 nitrogen and oxygen atoms in total. The van der Waals surface area contributed by atoms with E-state index in [1.807, 2.05) is 0 Å². The largest absolute Gasteiger partial charge is 0.396 e. The Labute approximate surface area is 90.9 Å². The fraction of sp³-hybridized carbons (Fsp3) is 0.538. The smallest absolute Gasteiger partial charge is 0.123 e. The predicted molar refractivity (Wildman–Crippen MR) is 60.2 cm³/mol. The Balaban J connectivity index is 2.78. The Hall–Kier alpha value is -0.890. The predicted octanol–water partition coefficient (Wildman–Crippen LogP) is 3.17. The van der Waals surface area contributed by atoms with Crippen LogP contribution in [0.4, 0.5) is 4.39 Å². The Kier molecular flexibility index (Phi) is 4.28. The van der Waals surface area contributed by atoms with E-state index in [2.05, 4.69) is 13.8 Å². The van der Waals surface area contributed by atoms with Gasteiger partial charge in [0.05, 0.1) is 0 Å². The van der Waals surface area contributed by atoms with E-state index in [1.54, 1.807) is 12.1 Å². The molecule has 0 bridgehead atoms. The molecule has 0 aliphatic heterocycles. The summed E-state index contributed by atoms with van der Waals surface area (Å²) in [7, 11) is 0. The van der Waals surface area contributed by atoms with Crippen molar-refractivity contribution < 1.29 is 9.50 Å². The molecule has 0 aliphatic rings. The summed E-state index contributed by atoms with van der Waals surface area (Å²) in [5.41, 5.74) is 1.05. The third-order valence-corrected chi connectivity index (χ3v) is 3.33. The summed E-state index contributed by atoms with van der Waals surface area (Å²) < 4.78 is 12.7. The normalized spacial score (nSPS) is 11.7. The summed E-state index contributed by atoms with van der Waals surface area (Å²) in [6, 6.07) is 6.54. The van der Waals surface area contributed by atoms with Crippen molar-refractivity contribution in [3.63, 3.8) is 0 Å². The van der Waals surface area contributed by atoms with Gasteiger partial charge in [0.1, 0.15) is 5.82 Å². The summed E-state index contributed by atoms with van der Waals surface area (Å²) in [5.74, 6) is -0.207. The molecule has 0 radical (unpaired) electrons. The van der Waals surface area contributed by atoms with E-state index >= 15 is 0 Å². The maximum atomic E-state index is 12.7. The summed E-state index contributed by atoms with van der Waals surface area (Å²) in [5, 5.41) is 9.42. The first-order valence-electron chi connectivity index (χ1n) is 5.51. The van der Waals surface area contributed by atoms with Gasteiger partial charge in [0, 0.05) is 6.61 Å². The zero-order valence-electron chi connectivity index (χ0n) is 9.46. The minimum Gasteiger partial charge on any atom is -0.396 e. The standard InChI is InChI=1S/C13H19FO/c1-3-13(4-2,10-15)9-11-5-7-12(14)8-6-11/h5-8,15H,3-4,9-10H2,1-2H3. The molecule has 1 aromatic carbocycles. The van der Waals surface area contributed by atoms with Crippen LogP contribution >= 0.6 is 0 Å². The average Bonchev–Trinajstić information content (AvgIpc) is 2.29. The zero-order chi connectivity index (χ0) is 11.3. The van der Waals surface area contributed by atoms with Crippen LogP contribution in [-0.4, -0.2) is 11.7 Å². The lowest BCUT2D eigenvalue weighted by atomic mass is 9.78. The van der Waals surface area contributed by atoms with Gasteiger partial charge in [-0.05, 0) is 42.4 Å². The Morgan fingerprint density at radius 1 is 1.13 bits per heavy atom. The van der Waals surface area contributed by atoms with Crippen molar-refractivity contribution in [1.29, 1.82) is 0 Å². The highest BCUT2D eigenvalue weighted by Crippen LogP contribution is 2.30. The van der Waals surface area contributed by atoms with Crippen LogP contribution in [0.15, 0.2) is 24.3 Å². The molecule has 0 unspecified atom stereocenters. The van der Waals surface area contributed by atoms with Gasteiger partial charge in [-0.15, -0.1) is 0 Å². The maximum absolute atomic E-state index is 12.7. The van der Waals surface area contributed by atoms with Gasteiger partial charge in [-0.3, -0.25) is 0 Å². The molecule has 0 aromatic heterocycles. The highest BCUT2D eigenvalue weighted by molar-refractivity contribution is 5.17. The van der Waals surface area contributed by atoms with Crippen molar-refractivity contribution >= 4 is 0 Å². The molecule has 2 heteroatoms. The van der Waals surface area contributed by atoms with E-state index in [4.69, 9.17) is 0 Å². The molecular formula is C13H19FO. The summed E-state index contributed by atoms with van der Waals surface area (Å²) >= 11 is 0. The third-order valence-electron chi connectivity index (χ3n) is 3.33. The highest BCUT2D eigenvalue weighted by Gasteiger charge is 2.25. The van der Waals surface area contributed by atoms with Gasteiger partial charge in [-0.25, -0.2) is 4.39 Å². The van der Waals surface area contributed by atoms with Crippen molar-refractivity contribution in [3.05, 3.63) is 35.6 Å². The number of rotatable bonds is 5. The van der Waals surface area contributed by atoms with Crippen LogP contribution in [0.3, 0.4) is 0 Å². The van der Waals surface area contributed by atoms with Gasteiger partial charge in [-0.1, -0.05) is 26.0 Å². The lowest BCUT2D eigenvalue weighted by Crippen LogP contribution is -2.26. The lowest BCUT2D eigenvalue weighted by Gasteiger charge is -2.29. The quantitative estimate of drug-likeness (QED) is 0.791. The first kappa shape index (κ1) is 12.2. The first-order valence-corrected chi connectivity index (χ1v) is 5.51. The van der Waals surface area contributed by atoms with Gasteiger partial charge >= 0.3 is 0 Å². The number of hydrogen-bond acceptors (Lipinski definition) is 1. The van der Waals surface area contributed by atoms with E-state index in [9.17, 15) is 9.50 Å². The fourth-order valence-electron chi connectivity index (χ4n) is 1.81. The molecule has 0 spiro atoms. The summed E-state index contributed by atoms with van der Waals surface area (Å²) in [4.78, 5) is 0. The van der Waals surface area contributed by atoms with Crippen LogP contribution < -0.4 is 0 Å². The number of hydrogen-bond donors (Lipinski definition) is 1. The molecule has 15 heavy (non-hydrogen) atoms. The third kappa shape index (κ3) is 3.03. The Morgan fingerprint density at radius 3 is 2.07 bits per heavy atom. The van der Waals surface area contributed by atoms with Crippen LogP contribution in [0.5, 0.6) is 0 Å². The molecular weight excluding hydrogens is 191 g/mol. The molecule has 1 rings (SSSR count). The molecule has 0 aliphatic carbocycles. The summed E-state index contributed by atoms with van der Waals surface area (Å²) in [6.45, 7) is 4.36. The second-order valence-electron chi connectivity index (χ2n) is 4.17. The highest BCUT2D eigenvalue weighted by atomic mass is 19.1. The van der Waals surface area contributed by atoms with Crippen molar-refractivity contribution in [3.8, 4) is 0 Å². The molecule has 1 N–H and O–H groups in total. The lowest BCUT2D eigenvalue weighted by molar-refractivity contribution is 0.115. The van der Waals surface area contributed by atoms with Crippen LogP contribution in [0, 0.1) is 11.2 Å². The van der Waals surface area contributed by atoms with Gasteiger partial charge in [0.15, 0.2) is 0 Å². The Bertz CT molecular complexity index is 280. The number of aliphatic hydroxyl groups excluding tert-OH is 1. The minimum absolute atomic E-state index is 0.0438. The molecule has 0 amide bonds. The second kappa shape index (κ2) is 5.26. The van der Waals surface area contributed by atoms with E-state index < -0.39 is 0 Å². The van der Waals surface area contributed by atoms with Gasteiger partial charge < -0.3 is 5.11 Å². The maximum Gasteiger partial charge on any atom is 0.123 e. The monoisotopic (exact) mass is 210 g/mol. The van der Waals surface area contributed by atoms with Crippen LogP contribution in [0.2, 0.25) is 0 Å². The van der Waals surface area contributed by atoms with E-state index in [0.29, 0.717) is 0 Å². The average molecular weight is 210 g/mol. The molecule has 0 saturated carbocycles. The van der Waals surface area contributed by atoms with Crippen molar-refractivity contribution in [2.75, 3.05) is 6.61 Å². The number of aliphatic hydroxyl groups is 1. The number of benzene rings is 1. The first-order chi connectivity index (χ1) is 7.15. The SMILES string of the molecule is CCC(CC)(CO)Cc1ccc(F)cc1. The van der Waals surface area contributed by atoms with Crippen molar-refractivity contribution in [2.45, 2.75) is 33.1 Å².